The lowest BCUT2D eigenvalue weighted by Crippen LogP contribution is -2.47. The Morgan fingerprint density at radius 2 is 1.74 bits per heavy atom. The quantitative estimate of drug-likeness (QED) is 0.486. The van der Waals surface area contributed by atoms with E-state index in [0.29, 0.717) is 5.82 Å². The lowest BCUT2D eigenvalue weighted by Gasteiger charge is -2.36. The standard InChI is InChI=1S/C23H23ClF3N7/c24-19-14-29-22(32-21(19)30-16-3-1-2-15(12-16)23(25,26)27)31-20-7-6-18(13-28-20)34-10-8-33(9-11-34)17-4-5-17/h1-3,6-7,12-14,17H,4-5,8-11H2,(H2,28,29,30,31,32). The molecule has 5 rings (SSSR count). The molecule has 0 bridgehead atoms. The molecule has 0 spiro atoms. The molecule has 0 radical (unpaired) electrons. The highest BCUT2D eigenvalue weighted by atomic mass is 35.5. The summed E-state index contributed by atoms with van der Waals surface area (Å²) in [6, 6.07) is 9.46. The number of rotatable bonds is 6. The molecule has 3 aromatic rings. The van der Waals surface area contributed by atoms with Crippen LogP contribution in [0, 0.1) is 0 Å². The van der Waals surface area contributed by atoms with Gasteiger partial charge in [0.15, 0.2) is 5.82 Å². The first kappa shape index (κ1) is 22.7. The van der Waals surface area contributed by atoms with Gasteiger partial charge < -0.3 is 15.5 Å². The number of alkyl halides is 3. The molecule has 1 aliphatic carbocycles. The highest BCUT2D eigenvalue weighted by Crippen LogP contribution is 2.32. The molecule has 0 atom stereocenters. The first-order valence-electron chi connectivity index (χ1n) is 11.0. The van der Waals surface area contributed by atoms with Crippen molar-refractivity contribution in [2.45, 2.75) is 25.1 Å². The molecule has 178 valence electrons. The Balaban J connectivity index is 1.24. The Hall–Kier alpha value is -3.11. The van der Waals surface area contributed by atoms with Crippen molar-refractivity contribution >= 4 is 40.6 Å². The number of hydrogen-bond donors (Lipinski definition) is 2. The number of benzene rings is 1. The number of nitrogens with zero attached hydrogens (tertiary/aromatic N) is 5. The molecule has 2 fully saturated rings. The van der Waals surface area contributed by atoms with E-state index in [2.05, 4.69) is 35.4 Å². The smallest absolute Gasteiger partial charge is 0.368 e. The topological polar surface area (TPSA) is 69.2 Å². The SMILES string of the molecule is FC(F)(F)c1cccc(Nc2nc(Nc3ccc(N4CCN(C5CC5)CC4)cn3)ncc2Cl)c1. The fourth-order valence-corrected chi connectivity index (χ4v) is 4.11. The Morgan fingerprint density at radius 1 is 0.941 bits per heavy atom. The molecule has 1 aliphatic heterocycles. The second-order valence-corrected chi connectivity index (χ2v) is 8.78. The molecule has 2 N–H and O–H groups in total. The molecular weight excluding hydrogens is 467 g/mol. The Kier molecular flexibility index (Phi) is 6.18. The summed E-state index contributed by atoms with van der Waals surface area (Å²) in [5, 5.41) is 6.02. The van der Waals surface area contributed by atoms with Crippen molar-refractivity contribution < 1.29 is 13.2 Å². The average molecular weight is 490 g/mol. The zero-order chi connectivity index (χ0) is 23.7. The number of halogens is 4. The summed E-state index contributed by atoms with van der Waals surface area (Å²) in [5.41, 5.74) is 0.509. The third-order valence-electron chi connectivity index (χ3n) is 5.93. The fourth-order valence-electron chi connectivity index (χ4n) is 3.97. The second kappa shape index (κ2) is 9.27. The monoisotopic (exact) mass is 489 g/mol. The molecule has 7 nitrogen and oxygen atoms in total. The molecule has 34 heavy (non-hydrogen) atoms. The molecule has 1 aromatic carbocycles. The van der Waals surface area contributed by atoms with E-state index in [9.17, 15) is 13.2 Å². The first-order valence-corrected chi connectivity index (χ1v) is 11.4. The summed E-state index contributed by atoms with van der Waals surface area (Å²) in [7, 11) is 0. The minimum Gasteiger partial charge on any atom is -0.368 e. The summed E-state index contributed by atoms with van der Waals surface area (Å²) >= 11 is 6.16. The lowest BCUT2D eigenvalue weighted by molar-refractivity contribution is -0.137. The van der Waals surface area contributed by atoms with Gasteiger partial charge >= 0.3 is 6.18 Å². The minimum absolute atomic E-state index is 0.177. The summed E-state index contributed by atoms with van der Waals surface area (Å²) in [4.78, 5) is 17.8. The van der Waals surface area contributed by atoms with Crippen LogP contribution in [0.4, 0.5) is 42.1 Å². The van der Waals surface area contributed by atoms with Crippen molar-refractivity contribution in [1.29, 1.82) is 0 Å². The summed E-state index contributed by atoms with van der Waals surface area (Å²) < 4.78 is 39.0. The maximum atomic E-state index is 13.0. The van der Waals surface area contributed by atoms with Gasteiger partial charge in [-0.1, -0.05) is 17.7 Å². The van der Waals surface area contributed by atoms with Crippen molar-refractivity contribution in [3.05, 3.63) is 59.4 Å². The summed E-state index contributed by atoms with van der Waals surface area (Å²) in [5.74, 6) is 0.952. The van der Waals surface area contributed by atoms with E-state index in [-0.39, 0.29) is 22.5 Å². The van der Waals surface area contributed by atoms with Gasteiger partial charge in [-0.05, 0) is 43.2 Å². The van der Waals surface area contributed by atoms with E-state index in [1.807, 2.05) is 18.3 Å². The average Bonchev–Trinajstić information content (AvgIpc) is 3.67. The van der Waals surface area contributed by atoms with Gasteiger partial charge in [0.25, 0.3) is 0 Å². The van der Waals surface area contributed by atoms with Crippen LogP contribution in [0.3, 0.4) is 0 Å². The zero-order valence-electron chi connectivity index (χ0n) is 18.2. The van der Waals surface area contributed by atoms with E-state index in [1.54, 1.807) is 0 Å². The Morgan fingerprint density at radius 3 is 2.41 bits per heavy atom. The number of piperazine rings is 1. The second-order valence-electron chi connectivity index (χ2n) is 8.37. The Bertz CT molecular complexity index is 1140. The van der Waals surface area contributed by atoms with E-state index in [0.717, 1.165) is 50.0 Å². The van der Waals surface area contributed by atoms with Crippen LogP contribution in [-0.2, 0) is 6.18 Å². The highest BCUT2D eigenvalue weighted by Gasteiger charge is 2.31. The summed E-state index contributed by atoms with van der Waals surface area (Å²) in [6.07, 6.45) is 1.40. The molecule has 0 amide bonds. The van der Waals surface area contributed by atoms with Crippen molar-refractivity contribution in [2.24, 2.45) is 0 Å². The van der Waals surface area contributed by atoms with Crippen LogP contribution in [-0.4, -0.2) is 52.1 Å². The van der Waals surface area contributed by atoms with Gasteiger partial charge in [-0.2, -0.15) is 18.2 Å². The van der Waals surface area contributed by atoms with E-state index in [1.165, 1.54) is 31.2 Å². The number of pyridine rings is 1. The van der Waals surface area contributed by atoms with E-state index >= 15 is 0 Å². The molecule has 2 aromatic heterocycles. The van der Waals surface area contributed by atoms with E-state index in [4.69, 9.17) is 11.6 Å². The first-order chi connectivity index (χ1) is 16.3. The zero-order valence-corrected chi connectivity index (χ0v) is 18.9. The number of hydrogen-bond acceptors (Lipinski definition) is 7. The van der Waals surface area contributed by atoms with Gasteiger partial charge in [-0.3, -0.25) is 4.90 Å². The van der Waals surface area contributed by atoms with Crippen LogP contribution in [0.5, 0.6) is 0 Å². The van der Waals surface area contributed by atoms with Crippen molar-refractivity contribution in [2.75, 3.05) is 41.7 Å². The van der Waals surface area contributed by atoms with Crippen LogP contribution in [0.1, 0.15) is 18.4 Å². The van der Waals surface area contributed by atoms with Gasteiger partial charge in [0.05, 0.1) is 23.6 Å². The Labute approximate surface area is 200 Å². The largest absolute Gasteiger partial charge is 0.416 e. The van der Waals surface area contributed by atoms with Gasteiger partial charge in [0.1, 0.15) is 10.8 Å². The predicted octanol–water partition coefficient (Wildman–Crippen LogP) is 5.32. The summed E-state index contributed by atoms with van der Waals surface area (Å²) in [6.45, 7) is 4.11. The van der Waals surface area contributed by atoms with Crippen molar-refractivity contribution in [3.63, 3.8) is 0 Å². The maximum absolute atomic E-state index is 13.0. The van der Waals surface area contributed by atoms with Crippen LogP contribution >= 0.6 is 11.6 Å². The third-order valence-corrected chi connectivity index (χ3v) is 6.20. The molecular formula is C23H23ClF3N7. The van der Waals surface area contributed by atoms with Crippen LogP contribution in [0.2, 0.25) is 5.02 Å². The van der Waals surface area contributed by atoms with Gasteiger partial charge in [-0.15, -0.1) is 0 Å². The van der Waals surface area contributed by atoms with Crippen molar-refractivity contribution in [3.8, 4) is 0 Å². The van der Waals surface area contributed by atoms with E-state index < -0.39 is 11.7 Å². The number of nitrogens with one attached hydrogen (secondary N) is 2. The number of aromatic nitrogens is 3. The number of anilines is 5. The van der Waals surface area contributed by atoms with Crippen LogP contribution < -0.4 is 15.5 Å². The van der Waals surface area contributed by atoms with Gasteiger partial charge in [0.2, 0.25) is 5.95 Å². The molecule has 1 saturated carbocycles. The van der Waals surface area contributed by atoms with Gasteiger partial charge in [0, 0.05) is 37.9 Å². The highest BCUT2D eigenvalue weighted by molar-refractivity contribution is 6.32. The molecule has 2 aliphatic rings. The third kappa shape index (κ3) is 5.34. The van der Waals surface area contributed by atoms with Crippen LogP contribution in [0.15, 0.2) is 48.8 Å². The van der Waals surface area contributed by atoms with Crippen LogP contribution in [0.25, 0.3) is 0 Å². The minimum atomic E-state index is -4.44. The van der Waals surface area contributed by atoms with Gasteiger partial charge in [-0.25, -0.2) is 9.97 Å². The predicted molar refractivity (Wildman–Crippen MR) is 126 cm³/mol. The lowest BCUT2D eigenvalue weighted by atomic mass is 10.2. The molecule has 1 saturated heterocycles. The normalized spacial score (nSPS) is 17.0. The van der Waals surface area contributed by atoms with Crippen molar-refractivity contribution in [1.82, 2.24) is 19.9 Å². The maximum Gasteiger partial charge on any atom is 0.416 e. The molecule has 3 heterocycles. The molecule has 0 unspecified atom stereocenters. The fraction of sp³-hybridized carbons (Fsp3) is 0.348. The molecule has 11 heteroatoms.